The average Bonchev–Trinajstić information content (AvgIpc) is 2.41. The highest BCUT2D eigenvalue weighted by atomic mass is 35.5. The first-order valence-corrected chi connectivity index (χ1v) is 5.95. The molecule has 2 N–H and O–H groups in total. The van der Waals surface area contributed by atoms with Crippen LogP contribution in [0.25, 0.3) is 0 Å². The van der Waals surface area contributed by atoms with Crippen LogP contribution in [0, 0.1) is 5.82 Å². The van der Waals surface area contributed by atoms with E-state index in [4.69, 9.17) is 16.7 Å². The molecule has 0 aliphatic carbocycles. The second-order valence-electron chi connectivity index (χ2n) is 3.93. The van der Waals surface area contributed by atoms with Crippen LogP contribution in [0.2, 0.25) is 5.02 Å². The highest BCUT2D eigenvalue weighted by molar-refractivity contribution is 6.34. The van der Waals surface area contributed by atoms with Crippen molar-refractivity contribution in [3.05, 3.63) is 64.4 Å². The van der Waals surface area contributed by atoms with Crippen LogP contribution in [0.3, 0.4) is 0 Å². The zero-order valence-electron chi connectivity index (χ0n) is 10.1. The van der Waals surface area contributed by atoms with Crippen molar-refractivity contribution in [3.63, 3.8) is 0 Å². The summed E-state index contributed by atoms with van der Waals surface area (Å²) >= 11 is 5.88. The van der Waals surface area contributed by atoms with Crippen LogP contribution in [-0.2, 0) is 0 Å². The topological polar surface area (TPSA) is 66.4 Å². The molecule has 0 aromatic heterocycles. The minimum Gasteiger partial charge on any atom is -0.478 e. The summed E-state index contributed by atoms with van der Waals surface area (Å²) in [6.07, 6.45) is 0. The first kappa shape index (κ1) is 14.0. The summed E-state index contributed by atoms with van der Waals surface area (Å²) in [6.45, 7) is 0. The van der Waals surface area contributed by atoms with E-state index in [1.807, 2.05) is 0 Å². The minimum atomic E-state index is -1.33. The van der Waals surface area contributed by atoms with Gasteiger partial charge in [0.25, 0.3) is 5.91 Å². The Bertz CT molecular complexity index is 688. The third kappa shape index (κ3) is 2.95. The molecule has 2 aromatic carbocycles. The molecule has 4 nitrogen and oxygen atoms in total. The molecule has 0 unspecified atom stereocenters. The lowest BCUT2D eigenvalue weighted by Gasteiger charge is -2.09. The molecule has 0 aliphatic rings. The SMILES string of the molecule is O=C(Nc1ccc(F)cc1C(=O)O)c1ccccc1Cl. The van der Waals surface area contributed by atoms with Crippen molar-refractivity contribution in [3.8, 4) is 0 Å². The lowest BCUT2D eigenvalue weighted by atomic mass is 10.1. The van der Waals surface area contributed by atoms with Crippen molar-refractivity contribution in [2.45, 2.75) is 0 Å². The quantitative estimate of drug-likeness (QED) is 0.911. The maximum Gasteiger partial charge on any atom is 0.337 e. The summed E-state index contributed by atoms with van der Waals surface area (Å²) in [7, 11) is 0. The number of benzene rings is 2. The smallest absolute Gasteiger partial charge is 0.337 e. The molecule has 0 saturated heterocycles. The van der Waals surface area contributed by atoms with Crippen LogP contribution in [0.4, 0.5) is 10.1 Å². The minimum absolute atomic E-state index is 0.00354. The van der Waals surface area contributed by atoms with E-state index >= 15 is 0 Å². The zero-order chi connectivity index (χ0) is 14.7. The second kappa shape index (κ2) is 5.71. The molecule has 0 aliphatic heterocycles. The fourth-order valence-corrected chi connectivity index (χ4v) is 1.86. The van der Waals surface area contributed by atoms with Gasteiger partial charge in [0.05, 0.1) is 21.8 Å². The van der Waals surface area contributed by atoms with Gasteiger partial charge in [-0.1, -0.05) is 23.7 Å². The van der Waals surface area contributed by atoms with E-state index in [9.17, 15) is 14.0 Å². The van der Waals surface area contributed by atoms with Crippen LogP contribution >= 0.6 is 11.6 Å². The number of rotatable bonds is 3. The van der Waals surface area contributed by atoms with Gasteiger partial charge in [-0.2, -0.15) is 0 Å². The Hall–Kier alpha value is -2.40. The molecule has 1 amide bonds. The van der Waals surface area contributed by atoms with Gasteiger partial charge in [-0.3, -0.25) is 4.79 Å². The highest BCUT2D eigenvalue weighted by Crippen LogP contribution is 2.20. The molecule has 0 atom stereocenters. The van der Waals surface area contributed by atoms with Crippen LogP contribution in [0.5, 0.6) is 0 Å². The van der Waals surface area contributed by atoms with E-state index in [1.54, 1.807) is 18.2 Å². The maximum absolute atomic E-state index is 13.0. The van der Waals surface area contributed by atoms with Gasteiger partial charge in [-0.15, -0.1) is 0 Å². The van der Waals surface area contributed by atoms with Crippen molar-refractivity contribution in [2.24, 2.45) is 0 Å². The molecule has 102 valence electrons. The van der Waals surface area contributed by atoms with Crippen LogP contribution in [0.1, 0.15) is 20.7 Å². The summed E-state index contributed by atoms with van der Waals surface area (Å²) < 4.78 is 13.0. The fourth-order valence-electron chi connectivity index (χ4n) is 1.64. The number of anilines is 1. The monoisotopic (exact) mass is 293 g/mol. The lowest BCUT2D eigenvalue weighted by molar-refractivity contribution is 0.0697. The van der Waals surface area contributed by atoms with Crippen molar-refractivity contribution in [1.29, 1.82) is 0 Å². The molecular formula is C14H9ClFNO3. The Morgan fingerprint density at radius 1 is 1.10 bits per heavy atom. The van der Waals surface area contributed by atoms with Crippen LogP contribution in [0.15, 0.2) is 42.5 Å². The Morgan fingerprint density at radius 2 is 1.80 bits per heavy atom. The van der Waals surface area contributed by atoms with Gasteiger partial charge in [0, 0.05) is 0 Å². The molecule has 20 heavy (non-hydrogen) atoms. The number of aromatic carboxylic acids is 1. The Kier molecular flexibility index (Phi) is 4.00. The summed E-state index contributed by atoms with van der Waals surface area (Å²) in [6, 6.07) is 9.43. The maximum atomic E-state index is 13.0. The van der Waals surface area contributed by atoms with Gasteiger partial charge < -0.3 is 10.4 Å². The Morgan fingerprint density at radius 3 is 2.45 bits per heavy atom. The van der Waals surface area contributed by atoms with Gasteiger partial charge in [0.2, 0.25) is 0 Å². The Balaban J connectivity index is 2.33. The highest BCUT2D eigenvalue weighted by Gasteiger charge is 2.15. The molecule has 0 radical (unpaired) electrons. The van der Waals surface area contributed by atoms with E-state index in [0.717, 1.165) is 12.1 Å². The van der Waals surface area contributed by atoms with E-state index in [1.165, 1.54) is 12.1 Å². The standard InChI is InChI=1S/C14H9ClFNO3/c15-11-4-2-1-3-9(11)13(18)17-12-6-5-8(16)7-10(12)14(19)20/h1-7H,(H,17,18)(H,19,20). The molecule has 0 spiro atoms. The Labute approximate surface area is 118 Å². The predicted octanol–water partition coefficient (Wildman–Crippen LogP) is 3.43. The number of nitrogens with one attached hydrogen (secondary N) is 1. The van der Waals surface area contributed by atoms with Gasteiger partial charge in [-0.25, -0.2) is 9.18 Å². The lowest BCUT2D eigenvalue weighted by Crippen LogP contribution is -2.15. The molecule has 2 rings (SSSR count). The molecule has 2 aromatic rings. The zero-order valence-corrected chi connectivity index (χ0v) is 10.8. The fraction of sp³-hybridized carbons (Fsp3) is 0. The molecule has 0 saturated carbocycles. The first-order valence-electron chi connectivity index (χ1n) is 5.58. The number of carboxylic acids is 1. The first-order chi connectivity index (χ1) is 9.49. The molecule has 0 bridgehead atoms. The molecule has 6 heteroatoms. The van der Waals surface area contributed by atoms with E-state index in [0.29, 0.717) is 0 Å². The van der Waals surface area contributed by atoms with Crippen molar-refractivity contribution in [2.75, 3.05) is 5.32 Å². The number of carbonyl (C=O) groups is 2. The molecular weight excluding hydrogens is 285 g/mol. The largest absolute Gasteiger partial charge is 0.478 e. The average molecular weight is 294 g/mol. The van der Waals surface area contributed by atoms with Gasteiger partial charge in [-0.05, 0) is 30.3 Å². The third-order valence-corrected chi connectivity index (χ3v) is 2.91. The van der Waals surface area contributed by atoms with E-state index in [-0.39, 0.29) is 21.8 Å². The van der Waals surface area contributed by atoms with E-state index < -0.39 is 17.7 Å². The number of hydrogen-bond acceptors (Lipinski definition) is 2. The molecule has 0 heterocycles. The van der Waals surface area contributed by atoms with Gasteiger partial charge in [0.15, 0.2) is 0 Å². The number of carbonyl (C=O) groups excluding carboxylic acids is 1. The normalized spacial score (nSPS) is 10.1. The summed E-state index contributed by atoms with van der Waals surface area (Å²) in [5.74, 6) is -2.60. The summed E-state index contributed by atoms with van der Waals surface area (Å²) in [4.78, 5) is 23.0. The predicted molar refractivity (Wildman–Crippen MR) is 72.8 cm³/mol. The van der Waals surface area contributed by atoms with Gasteiger partial charge >= 0.3 is 5.97 Å². The number of halogens is 2. The van der Waals surface area contributed by atoms with E-state index in [2.05, 4.69) is 5.32 Å². The van der Waals surface area contributed by atoms with Crippen molar-refractivity contribution < 1.29 is 19.1 Å². The number of amides is 1. The van der Waals surface area contributed by atoms with Crippen LogP contribution < -0.4 is 5.32 Å². The van der Waals surface area contributed by atoms with Crippen molar-refractivity contribution >= 4 is 29.2 Å². The third-order valence-electron chi connectivity index (χ3n) is 2.58. The number of carboxylic acid groups (broad SMARTS) is 1. The van der Waals surface area contributed by atoms with Crippen molar-refractivity contribution in [1.82, 2.24) is 0 Å². The number of hydrogen-bond donors (Lipinski definition) is 2. The van der Waals surface area contributed by atoms with Gasteiger partial charge in [0.1, 0.15) is 5.82 Å². The van der Waals surface area contributed by atoms with Crippen LogP contribution in [-0.4, -0.2) is 17.0 Å². The summed E-state index contributed by atoms with van der Waals surface area (Å²) in [5.41, 5.74) is -0.121. The summed E-state index contributed by atoms with van der Waals surface area (Å²) in [5, 5.41) is 11.6. The second-order valence-corrected chi connectivity index (χ2v) is 4.34. The molecule has 0 fully saturated rings.